The fraction of sp³-hybridized carbons (Fsp3) is 0.556. The summed E-state index contributed by atoms with van der Waals surface area (Å²) in [5.74, 6) is -0.475. The maximum Gasteiger partial charge on any atom is 0.265 e. The number of fused-ring (bicyclic) bond motifs is 1. The third-order valence-corrected chi connectivity index (χ3v) is 5.18. The second kappa shape index (κ2) is 6.35. The fourth-order valence-corrected chi connectivity index (χ4v) is 3.60. The summed E-state index contributed by atoms with van der Waals surface area (Å²) in [5.41, 5.74) is -0.0491. The normalized spacial score (nSPS) is 20.3. The molecule has 1 aliphatic carbocycles. The van der Waals surface area contributed by atoms with Crippen molar-refractivity contribution in [1.29, 1.82) is 0 Å². The number of aryl methyl sites for hydroxylation is 2. The molecule has 2 aromatic heterocycles. The van der Waals surface area contributed by atoms with Crippen molar-refractivity contribution in [3.8, 4) is 0 Å². The van der Waals surface area contributed by atoms with Crippen molar-refractivity contribution in [1.82, 2.24) is 19.8 Å². The Labute approximate surface area is 150 Å². The third kappa shape index (κ3) is 2.74. The van der Waals surface area contributed by atoms with Gasteiger partial charge in [-0.3, -0.25) is 19.3 Å². The zero-order valence-corrected chi connectivity index (χ0v) is 14.9. The molecule has 0 radical (unpaired) electrons. The maximum atomic E-state index is 13.3. The Hall–Kier alpha value is -2.48. The molecule has 0 aromatic carbocycles. The molecule has 8 heteroatoms. The lowest BCUT2D eigenvalue weighted by Gasteiger charge is -2.28. The first-order valence-corrected chi connectivity index (χ1v) is 9.02. The van der Waals surface area contributed by atoms with Crippen molar-refractivity contribution in [2.75, 3.05) is 13.1 Å². The number of hydrogen-bond donors (Lipinski definition) is 1. The molecule has 138 valence electrons. The summed E-state index contributed by atoms with van der Waals surface area (Å²) >= 11 is 0. The van der Waals surface area contributed by atoms with E-state index in [9.17, 15) is 14.4 Å². The van der Waals surface area contributed by atoms with Crippen molar-refractivity contribution in [2.24, 2.45) is 13.0 Å². The lowest BCUT2D eigenvalue weighted by molar-refractivity contribution is -0.133. The quantitative estimate of drug-likeness (QED) is 0.821. The Balaban J connectivity index is 1.76. The van der Waals surface area contributed by atoms with Gasteiger partial charge < -0.3 is 14.3 Å². The van der Waals surface area contributed by atoms with E-state index in [1.807, 2.05) is 0 Å². The molecule has 2 aromatic rings. The van der Waals surface area contributed by atoms with Gasteiger partial charge in [0.05, 0.1) is 11.5 Å². The van der Waals surface area contributed by atoms with Gasteiger partial charge in [-0.1, -0.05) is 0 Å². The zero-order chi connectivity index (χ0) is 18.4. The van der Waals surface area contributed by atoms with Crippen molar-refractivity contribution in [3.05, 3.63) is 28.0 Å². The van der Waals surface area contributed by atoms with Crippen LogP contribution in [-0.2, 0) is 11.8 Å². The molecular weight excluding hydrogens is 336 g/mol. The van der Waals surface area contributed by atoms with Gasteiger partial charge in [-0.2, -0.15) is 0 Å². The first kappa shape index (κ1) is 17.0. The van der Waals surface area contributed by atoms with Gasteiger partial charge in [-0.15, -0.1) is 0 Å². The molecule has 1 saturated carbocycles. The van der Waals surface area contributed by atoms with Crippen molar-refractivity contribution in [3.63, 3.8) is 0 Å². The number of nitrogens with zero attached hydrogens (tertiary/aromatic N) is 3. The molecule has 1 aliphatic heterocycles. The van der Waals surface area contributed by atoms with Crippen LogP contribution >= 0.6 is 0 Å². The van der Waals surface area contributed by atoms with E-state index >= 15 is 0 Å². The van der Waals surface area contributed by atoms with Crippen LogP contribution in [0.1, 0.15) is 41.8 Å². The van der Waals surface area contributed by atoms with Gasteiger partial charge in [0.25, 0.3) is 11.5 Å². The Morgan fingerprint density at radius 2 is 2.12 bits per heavy atom. The van der Waals surface area contributed by atoms with Gasteiger partial charge in [-0.05, 0) is 39.2 Å². The minimum atomic E-state index is -0.440. The summed E-state index contributed by atoms with van der Waals surface area (Å²) in [5, 5.41) is 3.37. The maximum absolute atomic E-state index is 13.3. The van der Waals surface area contributed by atoms with E-state index in [0.717, 1.165) is 32.2 Å². The fourth-order valence-electron chi connectivity index (χ4n) is 3.60. The zero-order valence-electron chi connectivity index (χ0n) is 14.9. The Bertz CT molecular complexity index is 935. The summed E-state index contributed by atoms with van der Waals surface area (Å²) < 4.78 is 6.84. The largest absolute Gasteiger partial charge is 0.442 e. The summed E-state index contributed by atoms with van der Waals surface area (Å²) in [7, 11) is 1.57. The third-order valence-electron chi connectivity index (χ3n) is 5.18. The molecule has 1 atom stereocenters. The lowest BCUT2D eigenvalue weighted by Crippen LogP contribution is -2.47. The molecule has 1 unspecified atom stereocenters. The highest BCUT2D eigenvalue weighted by Crippen LogP contribution is 2.33. The van der Waals surface area contributed by atoms with E-state index in [0.29, 0.717) is 12.3 Å². The van der Waals surface area contributed by atoms with Crippen LogP contribution < -0.4 is 10.9 Å². The Morgan fingerprint density at radius 3 is 2.77 bits per heavy atom. The number of nitrogens with one attached hydrogen (secondary N) is 1. The number of carbonyl (C=O) groups excluding carboxylic acids is 2. The highest BCUT2D eigenvalue weighted by atomic mass is 16.3. The summed E-state index contributed by atoms with van der Waals surface area (Å²) in [4.78, 5) is 44.4. The molecule has 8 nitrogen and oxygen atoms in total. The van der Waals surface area contributed by atoms with E-state index < -0.39 is 5.91 Å². The van der Waals surface area contributed by atoms with Crippen molar-refractivity contribution >= 4 is 22.9 Å². The highest BCUT2D eigenvalue weighted by molar-refractivity contribution is 6.12. The summed E-state index contributed by atoms with van der Waals surface area (Å²) in [6.45, 7) is 3.12. The monoisotopic (exact) mass is 358 g/mol. The molecule has 26 heavy (non-hydrogen) atoms. The molecule has 2 amide bonds. The number of hydrogen-bond acceptors (Lipinski definition) is 6. The number of amides is 2. The number of rotatable bonds is 3. The molecule has 2 fully saturated rings. The standard InChI is InChI=1S/C18H22N4O4/c1-10-13(14-15(26-10)20-9-21(2)17(14)24)18(25)22(12-5-6-12)16(23)11-4-3-7-19-8-11/h9,11-12,19H,3-8H2,1-2H3. The topological polar surface area (TPSA) is 97.4 Å². The van der Waals surface area contributed by atoms with Gasteiger partial charge in [0.15, 0.2) is 0 Å². The molecule has 4 rings (SSSR count). The smallest absolute Gasteiger partial charge is 0.265 e. The van der Waals surface area contributed by atoms with Crippen LogP contribution in [0.25, 0.3) is 11.1 Å². The van der Waals surface area contributed by atoms with Crippen molar-refractivity contribution in [2.45, 2.75) is 38.6 Å². The first-order valence-electron chi connectivity index (χ1n) is 9.02. The predicted octanol–water partition coefficient (Wildman–Crippen LogP) is 0.966. The number of furan rings is 1. The second-order valence-corrected chi connectivity index (χ2v) is 7.16. The van der Waals surface area contributed by atoms with Crippen LogP contribution in [0.4, 0.5) is 0 Å². The molecule has 1 saturated heterocycles. The SMILES string of the molecule is Cc1oc2ncn(C)c(=O)c2c1C(=O)N(C(=O)C1CCCNC1)C1CC1. The van der Waals surface area contributed by atoms with Crippen molar-refractivity contribution < 1.29 is 14.0 Å². The van der Waals surface area contributed by atoms with Gasteiger partial charge in [0, 0.05) is 19.6 Å². The van der Waals surface area contributed by atoms with Crippen LogP contribution in [0.15, 0.2) is 15.5 Å². The second-order valence-electron chi connectivity index (χ2n) is 7.16. The van der Waals surface area contributed by atoms with Crippen LogP contribution in [0.3, 0.4) is 0 Å². The molecule has 1 N–H and O–H groups in total. The molecule has 0 bridgehead atoms. The van der Waals surface area contributed by atoms with E-state index in [2.05, 4.69) is 10.3 Å². The molecule has 3 heterocycles. The first-order chi connectivity index (χ1) is 12.5. The van der Waals surface area contributed by atoms with E-state index in [1.165, 1.54) is 15.8 Å². The van der Waals surface area contributed by atoms with E-state index in [4.69, 9.17) is 4.42 Å². The molecule has 0 spiro atoms. The van der Waals surface area contributed by atoms with Crippen LogP contribution in [0.5, 0.6) is 0 Å². The van der Waals surface area contributed by atoms with Gasteiger partial charge in [0.1, 0.15) is 17.5 Å². The van der Waals surface area contributed by atoms with Crippen LogP contribution in [0, 0.1) is 12.8 Å². The minimum Gasteiger partial charge on any atom is -0.442 e. The number of imide groups is 1. The predicted molar refractivity (Wildman–Crippen MR) is 93.8 cm³/mol. The Kier molecular flexibility index (Phi) is 4.14. The average Bonchev–Trinajstić information content (AvgIpc) is 3.40. The van der Waals surface area contributed by atoms with Crippen LogP contribution in [-0.4, -0.2) is 45.4 Å². The molecular formula is C18H22N4O4. The van der Waals surface area contributed by atoms with Gasteiger partial charge in [0.2, 0.25) is 11.6 Å². The van der Waals surface area contributed by atoms with Crippen LogP contribution in [0.2, 0.25) is 0 Å². The highest BCUT2D eigenvalue weighted by Gasteiger charge is 2.42. The van der Waals surface area contributed by atoms with Gasteiger partial charge in [-0.25, -0.2) is 4.98 Å². The minimum absolute atomic E-state index is 0.0817. The number of piperidine rings is 1. The van der Waals surface area contributed by atoms with E-state index in [-0.39, 0.29) is 40.1 Å². The lowest BCUT2D eigenvalue weighted by atomic mass is 9.97. The van der Waals surface area contributed by atoms with E-state index in [1.54, 1.807) is 14.0 Å². The molecule has 2 aliphatic rings. The summed E-state index contributed by atoms with van der Waals surface area (Å²) in [6, 6.07) is -0.0817. The number of aromatic nitrogens is 2. The van der Waals surface area contributed by atoms with Gasteiger partial charge >= 0.3 is 0 Å². The Morgan fingerprint density at radius 1 is 1.35 bits per heavy atom. The summed E-state index contributed by atoms with van der Waals surface area (Å²) in [6.07, 6.45) is 4.67. The average molecular weight is 358 g/mol. The number of carbonyl (C=O) groups is 2.